The third-order valence-corrected chi connectivity index (χ3v) is 6.35. The molecule has 1 N–H and O–H groups in total. The number of rotatable bonds is 5. The van der Waals surface area contributed by atoms with Gasteiger partial charge in [0.25, 0.3) is 5.91 Å². The van der Waals surface area contributed by atoms with E-state index in [-0.39, 0.29) is 17.5 Å². The summed E-state index contributed by atoms with van der Waals surface area (Å²) >= 11 is 0. The summed E-state index contributed by atoms with van der Waals surface area (Å²) in [6, 6.07) is 13.2. The van der Waals surface area contributed by atoms with E-state index in [1.54, 1.807) is 6.07 Å². The SMILES string of the molecule is CC.CCN(CC)C(=O)c1ccc(C2=CC3(CCNCC3)Oc3ccc(C(=O)OC)cc32)cc1. The van der Waals surface area contributed by atoms with Gasteiger partial charge in [-0.15, -0.1) is 0 Å². The molecule has 2 aliphatic heterocycles. The summed E-state index contributed by atoms with van der Waals surface area (Å²) in [5.74, 6) is 0.417. The van der Waals surface area contributed by atoms with Crippen LogP contribution in [-0.4, -0.2) is 55.7 Å². The molecule has 2 heterocycles. The maximum Gasteiger partial charge on any atom is 0.337 e. The molecule has 0 saturated carbocycles. The van der Waals surface area contributed by atoms with Gasteiger partial charge in [0.15, 0.2) is 0 Å². The molecular formula is C28H36N2O4. The minimum Gasteiger partial charge on any atom is -0.482 e. The van der Waals surface area contributed by atoms with E-state index < -0.39 is 0 Å². The molecule has 0 aromatic heterocycles. The second kappa shape index (κ2) is 11.3. The zero-order valence-corrected chi connectivity index (χ0v) is 20.9. The van der Waals surface area contributed by atoms with Crippen molar-refractivity contribution < 1.29 is 19.1 Å². The van der Waals surface area contributed by atoms with Crippen LogP contribution in [0.4, 0.5) is 0 Å². The predicted molar refractivity (Wildman–Crippen MR) is 135 cm³/mol. The van der Waals surface area contributed by atoms with E-state index in [2.05, 4.69) is 11.4 Å². The van der Waals surface area contributed by atoms with Gasteiger partial charge >= 0.3 is 5.97 Å². The Morgan fingerprint density at radius 2 is 1.62 bits per heavy atom. The van der Waals surface area contributed by atoms with Crippen molar-refractivity contribution >= 4 is 17.4 Å². The fraction of sp³-hybridized carbons (Fsp3) is 0.429. The number of carbonyl (C=O) groups is 2. The molecule has 0 radical (unpaired) electrons. The lowest BCUT2D eigenvalue weighted by atomic mass is 9.83. The predicted octanol–water partition coefficient (Wildman–Crippen LogP) is 4.93. The monoisotopic (exact) mass is 464 g/mol. The molecule has 34 heavy (non-hydrogen) atoms. The molecule has 4 rings (SSSR count). The first-order chi connectivity index (χ1) is 16.5. The fourth-order valence-electron chi connectivity index (χ4n) is 4.48. The molecule has 2 aromatic carbocycles. The van der Waals surface area contributed by atoms with Crippen molar-refractivity contribution in [2.45, 2.75) is 46.1 Å². The smallest absolute Gasteiger partial charge is 0.337 e. The Labute approximate surface area is 202 Å². The Kier molecular flexibility index (Phi) is 8.51. The molecule has 1 amide bonds. The van der Waals surface area contributed by atoms with Crippen LogP contribution < -0.4 is 10.1 Å². The second-order valence-corrected chi connectivity index (χ2v) is 8.23. The van der Waals surface area contributed by atoms with E-state index in [0.29, 0.717) is 24.2 Å². The normalized spacial score (nSPS) is 15.7. The number of benzene rings is 2. The van der Waals surface area contributed by atoms with E-state index in [1.165, 1.54) is 7.11 Å². The minimum absolute atomic E-state index is 0.0331. The van der Waals surface area contributed by atoms with E-state index in [4.69, 9.17) is 9.47 Å². The number of piperidine rings is 1. The number of hydrogen-bond acceptors (Lipinski definition) is 5. The summed E-state index contributed by atoms with van der Waals surface area (Å²) < 4.78 is 11.4. The number of fused-ring (bicyclic) bond motifs is 1. The van der Waals surface area contributed by atoms with Crippen LogP contribution in [0.3, 0.4) is 0 Å². The zero-order chi connectivity index (χ0) is 24.7. The number of ether oxygens (including phenoxy) is 2. The van der Waals surface area contributed by atoms with E-state index in [9.17, 15) is 9.59 Å². The third-order valence-electron chi connectivity index (χ3n) is 6.35. The standard InChI is InChI=1S/C26H30N2O4.C2H6/c1-4-28(5-2)24(29)19-8-6-18(7-9-19)22-17-26(12-14-27-15-13-26)32-23-11-10-20(16-21(22)23)25(30)31-3;1-2/h6-11,16-17,27H,4-5,12-15H2,1-3H3;1-2H3. The molecule has 1 spiro atoms. The second-order valence-electron chi connectivity index (χ2n) is 8.23. The molecule has 0 aliphatic carbocycles. The van der Waals surface area contributed by atoms with Crippen LogP contribution in [0.1, 0.15) is 72.4 Å². The number of nitrogens with one attached hydrogen (secondary N) is 1. The van der Waals surface area contributed by atoms with Crippen LogP contribution in [0, 0.1) is 0 Å². The fourth-order valence-corrected chi connectivity index (χ4v) is 4.48. The highest BCUT2D eigenvalue weighted by Gasteiger charge is 2.37. The highest BCUT2D eigenvalue weighted by Crippen LogP contribution is 2.43. The van der Waals surface area contributed by atoms with Crippen molar-refractivity contribution in [3.63, 3.8) is 0 Å². The van der Waals surface area contributed by atoms with Gasteiger partial charge in [-0.1, -0.05) is 26.0 Å². The average Bonchev–Trinajstić information content (AvgIpc) is 2.90. The average molecular weight is 465 g/mol. The van der Waals surface area contributed by atoms with Crippen LogP contribution >= 0.6 is 0 Å². The van der Waals surface area contributed by atoms with Gasteiger partial charge in [-0.3, -0.25) is 4.79 Å². The minimum atomic E-state index is -0.380. The molecule has 1 saturated heterocycles. The highest BCUT2D eigenvalue weighted by atomic mass is 16.5. The van der Waals surface area contributed by atoms with Gasteiger partial charge in [-0.2, -0.15) is 0 Å². The third kappa shape index (κ3) is 5.17. The molecule has 6 nitrogen and oxygen atoms in total. The number of hydrogen-bond donors (Lipinski definition) is 1. The summed E-state index contributed by atoms with van der Waals surface area (Å²) in [5, 5.41) is 3.40. The first-order valence-electron chi connectivity index (χ1n) is 12.3. The van der Waals surface area contributed by atoms with Gasteiger partial charge in [-0.25, -0.2) is 4.79 Å². The first kappa shape index (κ1) is 25.5. The molecule has 0 bridgehead atoms. The van der Waals surface area contributed by atoms with Gasteiger partial charge in [0.1, 0.15) is 11.4 Å². The number of carbonyl (C=O) groups excluding carboxylic acids is 2. The van der Waals surface area contributed by atoms with Crippen LogP contribution in [0.2, 0.25) is 0 Å². The number of methoxy groups -OCH3 is 1. The quantitative estimate of drug-likeness (QED) is 0.636. The molecule has 2 aliphatic rings. The highest BCUT2D eigenvalue weighted by molar-refractivity contribution is 5.96. The van der Waals surface area contributed by atoms with Crippen molar-refractivity contribution in [1.29, 1.82) is 0 Å². The Morgan fingerprint density at radius 1 is 1.00 bits per heavy atom. The number of esters is 1. The first-order valence-corrected chi connectivity index (χ1v) is 12.3. The summed E-state index contributed by atoms with van der Waals surface area (Å²) in [4.78, 5) is 26.7. The van der Waals surface area contributed by atoms with Crippen molar-refractivity contribution in [2.75, 3.05) is 33.3 Å². The Hall–Kier alpha value is -3.12. The largest absolute Gasteiger partial charge is 0.482 e. The molecule has 0 atom stereocenters. The molecule has 182 valence electrons. The van der Waals surface area contributed by atoms with Crippen LogP contribution in [0.15, 0.2) is 48.5 Å². The lowest BCUT2D eigenvalue weighted by Gasteiger charge is -2.40. The summed E-state index contributed by atoms with van der Waals surface area (Å²) in [5.41, 5.74) is 3.64. The lowest BCUT2D eigenvalue weighted by molar-refractivity contribution is 0.0599. The van der Waals surface area contributed by atoms with Crippen LogP contribution in [0.5, 0.6) is 5.75 Å². The van der Waals surface area contributed by atoms with Crippen LogP contribution in [-0.2, 0) is 4.74 Å². The number of nitrogens with zero attached hydrogens (tertiary/aromatic N) is 1. The van der Waals surface area contributed by atoms with Crippen molar-refractivity contribution in [3.05, 3.63) is 70.8 Å². The Balaban J connectivity index is 0.00000158. The van der Waals surface area contributed by atoms with Crippen molar-refractivity contribution in [1.82, 2.24) is 10.2 Å². The molecular weight excluding hydrogens is 428 g/mol. The maximum atomic E-state index is 12.7. The number of amides is 1. The molecule has 6 heteroatoms. The van der Waals surface area contributed by atoms with Gasteiger partial charge in [0, 0.05) is 37.1 Å². The van der Waals surface area contributed by atoms with Gasteiger partial charge in [0.2, 0.25) is 0 Å². The van der Waals surface area contributed by atoms with Gasteiger partial charge in [-0.05, 0) is 74.5 Å². The molecule has 0 unspecified atom stereocenters. The van der Waals surface area contributed by atoms with Gasteiger partial charge < -0.3 is 19.7 Å². The van der Waals surface area contributed by atoms with Crippen molar-refractivity contribution in [2.24, 2.45) is 0 Å². The molecule has 1 fully saturated rings. The Bertz CT molecular complexity index is 1030. The van der Waals surface area contributed by atoms with Gasteiger partial charge in [0.05, 0.1) is 12.7 Å². The zero-order valence-electron chi connectivity index (χ0n) is 20.9. The lowest BCUT2D eigenvalue weighted by Crippen LogP contribution is -2.46. The summed E-state index contributed by atoms with van der Waals surface area (Å²) in [7, 11) is 1.38. The Morgan fingerprint density at radius 3 is 2.21 bits per heavy atom. The van der Waals surface area contributed by atoms with Crippen molar-refractivity contribution in [3.8, 4) is 5.75 Å². The molecule has 2 aromatic rings. The maximum absolute atomic E-state index is 12.7. The van der Waals surface area contributed by atoms with E-state index >= 15 is 0 Å². The van der Waals surface area contributed by atoms with Crippen LogP contribution in [0.25, 0.3) is 5.57 Å². The van der Waals surface area contributed by atoms with E-state index in [0.717, 1.165) is 48.4 Å². The van der Waals surface area contributed by atoms with E-state index in [1.807, 2.05) is 69.0 Å². The topological polar surface area (TPSA) is 67.9 Å². The summed E-state index contributed by atoms with van der Waals surface area (Å²) in [6.45, 7) is 11.1. The summed E-state index contributed by atoms with van der Waals surface area (Å²) in [6.07, 6.45) is 3.93.